The predicted octanol–water partition coefficient (Wildman–Crippen LogP) is 1.60. The number of rotatable bonds is 6. The first kappa shape index (κ1) is 20.6. The Kier molecular flexibility index (Phi) is 6.62. The van der Waals surface area contributed by atoms with Gasteiger partial charge in [-0.3, -0.25) is 4.79 Å². The summed E-state index contributed by atoms with van der Waals surface area (Å²) < 4.78 is 23.0. The van der Waals surface area contributed by atoms with Crippen LogP contribution in [0.5, 0.6) is 0 Å². The standard InChI is InChI=1S/C16H26N4O4S2/c1-5-9(2)13(14(21)20-16-17-10(3)11(4)25-16)19-15(22)18-12-6-7-26(23,24)8-12/h9,12-13H,5-8H2,1-4H3,(H,17,20,21)(H2,18,19,22)/t9-,12+,13+/m1/s1. The fourth-order valence-electron chi connectivity index (χ4n) is 2.69. The van der Waals surface area contributed by atoms with E-state index in [1.54, 1.807) is 0 Å². The largest absolute Gasteiger partial charge is 0.334 e. The van der Waals surface area contributed by atoms with Gasteiger partial charge in [0.25, 0.3) is 0 Å². The van der Waals surface area contributed by atoms with Crippen molar-refractivity contribution in [2.75, 3.05) is 16.8 Å². The van der Waals surface area contributed by atoms with Crippen LogP contribution in [0.4, 0.5) is 9.93 Å². The van der Waals surface area contributed by atoms with Gasteiger partial charge >= 0.3 is 6.03 Å². The maximum absolute atomic E-state index is 12.6. The zero-order chi connectivity index (χ0) is 19.5. The number of carbonyl (C=O) groups excluding carboxylic acids is 2. The van der Waals surface area contributed by atoms with E-state index in [0.717, 1.165) is 10.6 Å². The van der Waals surface area contributed by atoms with Crippen LogP contribution in [0.15, 0.2) is 0 Å². The topological polar surface area (TPSA) is 117 Å². The molecule has 0 aromatic carbocycles. The molecule has 0 aliphatic carbocycles. The van der Waals surface area contributed by atoms with Crippen LogP contribution in [0.25, 0.3) is 0 Å². The Labute approximate surface area is 158 Å². The van der Waals surface area contributed by atoms with Crippen LogP contribution >= 0.6 is 11.3 Å². The van der Waals surface area contributed by atoms with Crippen LogP contribution in [0.1, 0.15) is 37.3 Å². The molecule has 3 N–H and O–H groups in total. The monoisotopic (exact) mass is 402 g/mol. The van der Waals surface area contributed by atoms with Crippen LogP contribution in [0.3, 0.4) is 0 Å². The lowest BCUT2D eigenvalue weighted by molar-refractivity contribution is -0.119. The average molecular weight is 403 g/mol. The number of urea groups is 1. The second-order valence-corrected chi connectivity index (χ2v) is 10.2. The van der Waals surface area contributed by atoms with Crippen LogP contribution in [-0.4, -0.2) is 48.9 Å². The summed E-state index contributed by atoms with van der Waals surface area (Å²) in [5, 5.41) is 8.60. The van der Waals surface area contributed by atoms with Gasteiger partial charge in [-0.2, -0.15) is 0 Å². The number of hydrogen-bond donors (Lipinski definition) is 3. The highest BCUT2D eigenvalue weighted by Crippen LogP contribution is 2.22. The van der Waals surface area contributed by atoms with Crippen molar-refractivity contribution < 1.29 is 18.0 Å². The lowest BCUT2D eigenvalue weighted by atomic mass is 9.98. The third-order valence-corrected chi connectivity index (χ3v) is 7.36. The Hall–Kier alpha value is -1.68. The summed E-state index contributed by atoms with van der Waals surface area (Å²) in [6.45, 7) is 7.61. The molecule has 1 aromatic rings. The van der Waals surface area contributed by atoms with Crippen LogP contribution < -0.4 is 16.0 Å². The first-order chi connectivity index (χ1) is 12.1. The van der Waals surface area contributed by atoms with Crippen molar-refractivity contribution in [1.29, 1.82) is 0 Å². The number of sulfone groups is 1. The highest BCUT2D eigenvalue weighted by atomic mass is 32.2. The molecule has 2 rings (SSSR count). The molecule has 0 spiro atoms. The summed E-state index contributed by atoms with van der Waals surface area (Å²) in [5.74, 6) is -0.397. The molecular weight excluding hydrogens is 376 g/mol. The summed E-state index contributed by atoms with van der Waals surface area (Å²) in [5.41, 5.74) is 0.860. The van der Waals surface area contributed by atoms with Crippen LogP contribution in [-0.2, 0) is 14.6 Å². The molecule has 0 unspecified atom stereocenters. The van der Waals surface area contributed by atoms with Crippen molar-refractivity contribution in [1.82, 2.24) is 15.6 Å². The molecule has 1 fully saturated rings. The number of hydrogen-bond acceptors (Lipinski definition) is 6. The van der Waals surface area contributed by atoms with E-state index in [1.807, 2.05) is 27.7 Å². The number of aryl methyl sites for hydroxylation is 2. The predicted molar refractivity (Wildman–Crippen MR) is 102 cm³/mol. The summed E-state index contributed by atoms with van der Waals surface area (Å²) in [4.78, 5) is 30.2. The molecule has 2 heterocycles. The van der Waals surface area contributed by atoms with Gasteiger partial charge in [0.2, 0.25) is 5.91 Å². The average Bonchev–Trinajstić information content (AvgIpc) is 3.05. The maximum atomic E-state index is 12.6. The van der Waals surface area contributed by atoms with Crippen LogP contribution in [0, 0.1) is 19.8 Å². The van der Waals surface area contributed by atoms with E-state index in [1.165, 1.54) is 11.3 Å². The highest BCUT2D eigenvalue weighted by Gasteiger charge is 2.31. The summed E-state index contributed by atoms with van der Waals surface area (Å²) in [6.07, 6.45) is 1.10. The van der Waals surface area contributed by atoms with Crippen molar-refractivity contribution in [3.05, 3.63) is 10.6 Å². The zero-order valence-corrected chi connectivity index (χ0v) is 17.1. The van der Waals surface area contributed by atoms with Gasteiger partial charge in [-0.1, -0.05) is 20.3 Å². The molecule has 1 saturated heterocycles. The van der Waals surface area contributed by atoms with Gasteiger partial charge in [-0.05, 0) is 26.2 Å². The maximum Gasteiger partial charge on any atom is 0.315 e. The quantitative estimate of drug-likeness (QED) is 0.668. The summed E-state index contributed by atoms with van der Waals surface area (Å²) in [6, 6.07) is -1.67. The molecule has 8 nitrogen and oxygen atoms in total. The SMILES string of the molecule is CC[C@@H](C)[C@H](NC(=O)N[C@H]1CCS(=O)(=O)C1)C(=O)Nc1nc(C)c(C)s1. The van der Waals surface area contributed by atoms with Gasteiger partial charge in [0, 0.05) is 10.9 Å². The van der Waals surface area contributed by atoms with Crippen LogP contribution in [0.2, 0.25) is 0 Å². The lowest BCUT2D eigenvalue weighted by Crippen LogP contribution is -2.53. The molecule has 1 aliphatic rings. The van der Waals surface area contributed by atoms with Crippen molar-refractivity contribution in [2.24, 2.45) is 5.92 Å². The number of amides is 3. The Morgan fingerprint density at radius 1 is 1.35 bits per heavy atom. The fraction of sp³-hybridized carbons (Fsp3) is 0.688. The molecule has 3 amide bonds. The van der Waals surface area contributed by atoms with Gasteiger partial charge in [0.1, 0.15) is 6.04 Å². The first-order valence-electron chi connectivity index (χ1n) is 8.63. The van der Waals surface area contributed by atoms with E-state index in [2.05, 4.69) is 20.9 Å². The molecule has 3 atom stereocenters. The zero-order valence-electron chi connectivity index (χ0n) is 15.5. The summed E-state index contributed by atoms with van der Waals surface area (Å²) in [7, 11) is -3.08. The van der Waals surface area contributed by atoms with Gasteiger partial charge in [0.05, 0.1) is 17.2 Å². The number of carbonyl (C=O) groups is 2. The van der Waals surface area contributed by atoms with E-state index in [0.29, 0.717) is 18.0 Å². The van der Waals surface area contributed by atoms with E-state index >= 15 is 0 Å². The third-order valence-electron chi connectivity index (χ3n) is 4.61. The van der Waals surface area contributed by atoms with Gasteiger partial charge in [0.15, 0.2) is 15.0 Å². The number of aromatic nitrogens is 1. The van der Waals surface area contributed by atoms with E-state index in [-0.39, 0.29) is 23.3 Å². The van der Waals surface area contributed by atoms with Crippen molar-refractivity contribution in [3.63, 3.8) is 0 Å². The molecule has 146 valence electrons. The number of anilines is 1. The minimum absolute atomic E-state index is 0.0573. The molecule has 0 bridgehead atoms. The summed E-state index contributed by atoms with van der Waals surface area (Å²) >= 11 is 1.39. The van der Waals surface area contributed by atoms with Crippen molar-refractivity contribution in [2.45, 2.75) is 52.6 Å². The van der Waals surface area contributed by atoms with Gasteiger partial charge in [-0.15, -0.1) is 11.3 Å². The number of nitrogens with zero attached hydrogens (tertiary/aromatic N) is 1. The Bertz CT molecular complexity index is 756. The normalized spacial score (nSPS) is 21.0. The minimum atomic E-state index is -3.08. The molecule has 26 heavy (non-hydrogen) atoms. The Balaban J connectivity index is 1.99. The molecule has 1 aliphatic heterocycles. The second-order valence-electron chi connectivity index (χ2n) is 6.73. The molecule has 1 aromatic heterocycles. The fourth-order valence-corrected chi connectivity index (χ4v) is 5.18. The molecule has 0 radical (unpaired) electrons. The number of nitrogens with one attached hydrogen (secondary N) is 3. The lowest BCUT2D eigenvalue weighted by Gasteiger charge is -2.24. The van der Waals surface area contributed by atoms with Crippen molar-refractivity contribution in [3.8, 4) is 0 Å². The van der Waals surface area contributed by atoms with E-state index in [4.69, 9.17) is 0 Å². The molecule has 10 heteroatoms. The second kappa shape index (κ2) is 8.34. The van der Waals surface area contributed by atoms with Gasteiger partial charge < -0.3 is 16.0 Å². The number of thiazole rings is 1. The van der Waals surface area contributed by atoms with E-state index < -0.39 is 28.0 Å². The van der Waals surface area contributed by atoms with E-state index in [9.17, 15) is 18.0 Å². The molecular formula is C16H26N4O4S2. The van der Waals surface area contributed by atoms with Crippen molar-refractivity contribution >= 4 is 38.2 Å². The highest BCUT2D eigenvalue weighted by molar-refractivity contribution is 7.91. The first-order valence-corrected chi connectivity index (χ1v) is 11.3. The Morgan fingerprint density at radius 3 is 2.54 bits per heavy atom. The Morgan fingerprint density at radius 2 is 2.04 bits per heavy atom. The van der Waals surface area contributed by atoms with Gasteiger partial charge in [-0.25, -0.2) is 18.2 Å². The molecule has 0 saturated carbocycles. The minimum Gasteiger partial charge on any atom is -0.334 e. The third kappa shape index (κ3) is 5.41. The smallest absolute Gasteiger partial charge is 0.315 e.